The third-order valence-electron chi connectivity index (χ3n) is 5.67. The first-order chi connectivity index (χ1) is 14.9. The van der Waals surface area contributed by atoms with Gasteiger partial charge < -0.3 is 14.8 Å². The first-order valence-electron chi connectivity index (χ1n) is 10.7. The predicted octanol–water partition coefficient (Wildman–Crippen LogP) is 5.35. The van der Waals surface area contributed by atoms with Crippen LogP contribution in [0.3, 0.4) is 0 Å². The molecule has 0 spiro atoms. The molecule has 1 aromatic heterocycles. The lowest BCUT2D eigenvalue weighted by Gasteiger charge is -2.30. The molecule has 162 valence electrons. The zero-order chi connectivity index (χ0) is 22.1. The topological polar surface area (TPSA) is 65.4 Å². The number of aromatic nitrogens is 2. The van der Waals surface area contributed by atoms with Gasteiger partial charge in [0.25, 0.3) is 0 Å². The van der Waals surface area contributed by atoms with Gasteiger partial charge in [0.05, 0.1) is 30.8 Å². The fourth-order valence-corrected chi connectivity index (χ4v) is 4.11. The molecule has 1 unspecified atom stereocenters. The van der Waals surface area contributed by atoms with E-state index in [2.05, 4.69) is 23.7 Å². The molecule has 6 heteroatoms. The Hall–Kier alpha value is -3.28. The number of carbonyl (C=O) groups is 1. The van der Waals surface area contributed by atoms with Gasteiger partial charge >= 0.3 is 0 Å². The molecule has 2 aromatic carbocycles. The van der Waals surface area contributed by atoms with Gasteiger partial charge in [0.1, 0.15) is 0 Å². The molecule has 1 N–H and O–H groups in total. The number of nitrogens with zero attached hydrogens (tertiary/aromatic N) is 2. The van der Waals surface area contributed by atoms with Crippen LogP contribution in [-0.4, -0.2) is 29.1 Å². The van der Waals surface area contributed by atoms with E-state index in [9.17, 15) is 4.79 Å². The van der Waals surface area contributed by atoms with Gasteiger partial charge in [-0.2, -0.15) is 0 Å². The standard InChI is InChI=1S/C25H29N3O3/c1-15(2)12-13-31-21-11-10-18(14-22(21)30-5)24-23(17(4)29)16(3)26-25-27-19-8-6-7-9-20(19)28(24)25/h6-11,14-15,24H,12-13H2,1-5H3,(H,26,27). The Morgan fingerprint density at radius 3 is 2.68 bits per heavy atom. The number of imidazole rings is 1. The molecule has 0 saturated heterocycles. The predicted molar refractivity (Wildman–Crippen MR) is 123 cm³/mol. The number of ether oxygens (including phenoxy) is 2. The van der Waals surface area contributed by atoms with Crippen molar-refractivity contribution in [3.05, 3.63) is 59.3 Å². The zero-order valence-corrected chi connectivity index (χ0v) is 18.7. The Labute approximate surface area is 182 Å². The highest BCUT2D eigenvalue weighted by molar-refractivity contribution is 5.97. The zero-order valence-electron chi connectivity index (χ0n) is 18.7. The summed E-state index contributed by atoms with van der Waals surface area (Å²) < 4.78 is 13.7. The summed E-state index contributed by atoms with van der Waals surface area (Å²) >= 11 is 0. The number of rotatable bonds is 7. The summed E-state index contributed by atoms with van der Waals surface area (Å²) in [6, 6.07) is 13.6. The van der Waals surface area contributed by atoms with Crippen LogP contribution in [0.2, 0.25) is 0 Å². The van der Waals surface area contributed by atoms with Gasteiger partial charge in [-0.3, -0.25) is 9.36 Å². The second-order valence-corrected chi connectivity index (χ2v) is 8.36. The van der Waals surface area contributed by atoms with E-state index in [1.165, 1.54) is 0 Å². The molecule has 31 heavy (non-hydrogen) atoms. The Kier molecular flexibility index (Phi) is 5.72. The molecular formula is C25H29N3O3. The molecule has 0 bridgehead atoms. The van der Waals surface area contributed by atoms with Crippen molar-refractivity contribution in [2.75, 3.05) is 19.0 Å². The fraction of sp³-hybridized carbons (Fsp3) is 0.360. The van der Waals surface area contributed by atoms with Gasteiger partial charge in [-0.25, -0.2) is 4.98 Å². The summed E-state index contributed by atoms with van der Waals surface area (Å²) in [7, 11) is 1.64. The Morgan fingerprint density at radius 2 is 1.97 bits per heavy atom. The van der Waals surface area contributed by atoms with Crippen LogP contribution in [-0.2, 0) is 4.79 Å². The number of hydrogen-bond donors (Lipinski definition) is 1. The van der Waals surface area contributed by atoms with Gasteiger partial charge in [-0.1, -0.05) is 32.0 Å². The van der Waals surface area contributed by atoms with E-state index in [0.717, 1.165) is 34.7 Å². The SMILES string of the molecule is COc1cc(C2C(C(C)=O)=C(C)Nc3nc4ccccc4n32)ccc1OCCC(C)C. The Balaban J connectivity index is 1.82. The second kappa shape index (κ2) is 8.46. The lowest BCUT2D eigenvalue weighted by Crippen LogP contribution is -2.27. The highest BCUT2D eigenvalue weighted by atomic mass is 16.5. The number of Topliss-reactive ketones (excluding diaryl/α,β-unsaturated/α-hetero) is 1. The van der Waals surface area contributed by atoms with Gasteiger partial charge in [-0.05, 0) is 56.0 Å². The molecular weight excluding hydrogens is 390 g/mol. The number of nitrogens with one attached hydrogen (secondary N) is 1. The number of fused-ring (bicyclic) bond motifs is 3. The first kappa shape index (κ1) is 21.0. The van der Waals surface area contributed by atoms with Crippen molar-refractivity contribution in [1.82, 2.24) is 9.55 Å². The van der Waals surface area contributed by atoms with E-state index in [-0.39, 0.29) is 11.8 Å². The molecule has 0 radical (unpaired) electrons. The third-order valence-corrected chi connectivity index (χ3v) is 5.67. The fourth-order valence-electron chi connectivity index (χ4n) is 4.11. The number of benzene rings is 2. The maximum Gasteiger partial charge on any atom is 0.209 e. The second-order valence-electron chi connectivity index (χ2n) is 8.36. The molecule has 0 fully saturated rings. The number of para-hydroxylation sites is 2. The number of allylic oxidation sites excluding steroid dienone is 2. The van der Waals surface area contributed by atoms with E-state index in [0.29, 0.717) is 29.6 Å². The van der Waals surface area contributed by atoms with Crippen LogP contribution in [0, 0.1) is 5.92 Å². The van der Waals surface area contributed by atoms with Gasteiger partial charge in [0.2, 0.25) is 5.95 Å². The van der Waals surface area contributed by atoms with Crippen molar-refractivity contribution in [3.8, 4) is 11.5 Å². The molecule has 1 aliphatic rings. The van der Waals surface area contributed by atoms with Crippen LogP contribution in [0.4, 0.5) is 5.95 Å². The Morgan fingerprint density at radius 1 is 1.19 bits per heavy atom. The van der Waals surface area contributed by atoms with Crippen LogP contribution >= 0.6 is 0 Å². The molecule has 3 aromatic rings. The average Bonchev–Trinajstić information content (AvgIpc) is 3.10. The molecule has 1 aliphatic heterocycles. The van der Waals surface area contributed by atoms with Crippen LogP contribution in [0.15, 0.2) is 53.7 Å². The van der Waals surface area contributed by atoms with Gasteiger partial charge in [-0.15, -0.1) is 0 Å². The number of hydrogen-bond acceptors (Lipinski definition) is 5. The van der Waals surface area contributed by atoms with Crippen molar-refractivity contribution in [2.24, 2.45) is 5.92 Å². The molecule has 4 rings (SSSR count). The number of anilines is 1. The largest absolute Gasteiger partial charge is 0.493 e. The Bertz CT molecular complexity index is 1160. The normalized spacial score (nSPS) is 15.7. The monoisotopic (exact) mass is 419 g/mol. The summed E-state index contributed by atoms with van der Waals surface area (Å²) in [4.78, 5) is 17.4. The van der Waals surface area contributed by atoms with Crippen molar-refractivity contribution in [1.29, 1.82) is 0 Å². The highest BCUT2D eigenvalue weighted by Gasteiger charge is 2.33. The first-order valence-corrected chi connectivity index (χ1v) is 10.7. The van der Waals surface area contributed by atoms with Crippen molar-refractivity contribution in [2.45, 2.75) is 40.2 Å². The van der Waals surface area contributed by atoms with Crippen molar-refractivity contribution < 1.29 is 14.3 Å². The minimum Gasteiger partial charge on any atom is -0.493 e. The smallest absolute Gasteiger partial charge is 0.209 e. The summed E-state index contributed by atoms with van der Waals surface area (Å²) in [5.41, 5.74) is 4.33. The van der Waals surface area contributed by atoms with E-state index >= 15 is 0 Å². The van der Waals surface area contributed by atoms with Crippen LogP contribution in [0.5, 0.6) is 11.5 Å². The summed E-state index contributed by atoms with van der Waals surface area (Å²) in [5.74, 6) is 2.69. The highest BCUT2D eigenvalue weighted by Crippen LogP contribution is 2.41. The van der Waals surface area contributed by atoms with Crippen LogP contribution in [0.25, 0.3) is 11.0 Å². The molecule has 0 saturated carbocycles. The van der Waals surface area contributed by atoms with E-state index in [1.54, 1.807) is 14.0 Å². The quantitative estimate of drug-likeness (QED) is 0.559. The third kappa shape index (κ3) is 3.90. The number of ketones is 1. The maximum atomic E-state index is 12.7. The van der Waals surface area contributed by atoms with E-state index < -0.39 is 0 Å². The number of methoxy groups -OCH3 is 1. The summed E-state index contributed by atoms with van der Waals surface area (Å²) in [6.07, 6.45) is 0.972. The minimum atomic E-state index is -0.306. The molecule has 1 atom stereocenters. The van der Waals surface area contributed by atoms with E-state index in [1.807, 2.05) is 49.4 Å². The lowest BCUT2D eigenvalue weighted by atomic mass is 9.92. The van der Waals surface area contributed by atoms with Crippen molar-refractivity contribution in [3.63, 3.8) is 0 Å². The van der Waals surface area contributed by atoms with Crippen molar-refractivity contribution >= 4 is 22.8 Å². The summed E-state index contributed by atoms with van der Waals surface area (Å²) in [5, 5.41) is 3.31. The minimum absolute atomic E-state index is 0.0228. The average molecular weight is 420 g/mol. The maximum absolute atomic E-state index is 12.7. The molecule has 0 aliphatic carbocycles. The van der Waals surface area contributed by atoms with Crippen LogP contribution < -0.4 is 14.8 Å². The van der Waals surface area contributed by atoms with Gasteiger partial charge in [0, 0.05) is 11.3 Å². The van der Waals surface area contributed by atoms with Gasteiger partial charge in [0.15, 0.2) is 17.3 Å². The summed E-state index contributed by atoms with van der Waals surface area (Å²) in [6.45, 7) is 8.51. The lowest BCUT2D eigenvalue weighted by molar-refractivity contribution is -0.114. The number of carbonyl (C=O) groups excluding carboxylic acids is 1. The van der Waals surface area contributed by atoms with E-state index in [4.69, 9.17) is 14.5 Å². The molecule has 6 nitrogen and oxygen atoms in total. The molecule has 0 amide bonds. The van der Waals surface area contributed by atoms with Crippen LogP contribution in [0.1, 0.15) is 45.7 Å². The molecule has 2 heterocycles.